The second-order valence-corrected chi connectivity index (χ2v) is 4.00. The highest BCUT2D eigenvalue weighted by Gasteiger charge is 2.31. The molecule has 1 aliphatic carbocycles. The average molecular weight is 214 g/mol. The van der Waals surface area contributed by atoms with Crippen molar-refractivity contribution in [2.45, 2.75) is 4.90 Å². The first-order valence-corrected chi connectivity index (χ1v) is 4.98. The zero-order valence-electron chi connectivity index (χ0n) is 7.65. The lowest BCUT2D eigenvalue weighted by Crippen LogP contribution is -2.06. The Morgan fingerprint density at radius 3 is 2.53 bits per heavy atom. The first-order chi connectivity index (χ1) is 7.20. The SMILES string of the molecule is O=C1C(=O)c2c(S)ccc3cccc1c23. The van der Waals surface area contributed by atoms with E-state index in [1.807, 2.05) is 12.1 Å². The van der Waals surface area contributed by atoms with E-state index in [9.17, 15) is 9.59 Å². The van der Waals surface area contributed by atoms with E-state index < -0.39 is 11.6 Å². The van der Waals surface area contributed by atoms with E-state index in [-0.39, 0.29) is 0 Å². The van der Waals surface area contributed by atoms with Crippen molar-refractivity contribution in [3.8, 4) is 0 Å². The zero-order chi connectivity index (χ0) is 10.6. The van der Waals surface area contributed by atoms with Crippen LogP contribution in [0.1, 0.15) is 20.7 Å². The number of carbonyl (C=O) groups excluding carboxylic acids is 2. The van der Waals surface area contributed by atoms with Crippen molar-refractivity contribution in [1.29, 1.82) is 0 Å². The maximum Gasteiger partial charge on any atom is 0.235 e. The Balaban J connectivity index is 2.63. The van der Waals surface area contributed by atoms with Gasteiger partial charge in [-0.3, -0.25) is 9.59 Å². The average Bonchev–Trinajstić information content (AvgIpc) is 2.50. The molecule has 0 fully saturated rings. The highest BCUT2D eigenvalue weighted by molar-refractivity contribution is 7.80. The molecule has 3 heteroatoms. The molecule has 2 aromatic rings. The lowest BCUT2D eigenvalue weighted by Gasteiger charge is -2.01. The Morgan fingerprint density at radius 1 is 0.933 bits per heavy atom. The van der Waals surface area contributed by atoms with Gasteiger partial charge in [-0.25, -0.2) is 0 Å². The molecule has 0 spiro atoms. The maximum absolute atomic E-state index is 11.7. The quantitative estimate of drug-likeness (QED) is 0.540. The van der Waals surface area contributed by atoms with Crippen molar-refractivity contribution in [2.75, 3.05) is 0 Å². The van der Waals surface area contributed by atoms with Crippen molar-refractivity contribution in [2.24, 2.45) is 0 Å². The third-order valence-electron chi connectivity index (χ3n) is 2.70. The Kier molecular flexibility index (Phi) is 1.56. The highest BCUT2D eigenvalue weighted by atomic mass is 32.1. The molecular formula is C12H6O2S. The molecule has 72 valence electrons. The van der Waals surface area contributed by atoms with Crippen LogP contribution in [-0.4, -0.2) is 11.6 Å². The molecule has 0 saturated carbocycles. The largest absolute Gasteiger partial charge is 0.285 e. The second-order valence-electron chi connectivity index (χ2n) is 3.52. The van der Waals surface area contributed by atoms with E-state index in [1.165, 1.54) is 0 Å². The van der Waals surface area contributed by atoms with Crippen LogP contribution in [0, 0.1) is 0 Å². The molecule has 0 aliphatic heterocycles. The molecule has 2 aromatic carbocycles. The molecule has 0 heterocycles. The number of ketones is 2. The minimum absolute atomic E-state index is 0.419. The zero-order valence-corrected chi connectivity index (χ0v) is 8.54. The van der Waals surface area contributed by atoms with E-state index in [1.54, 1.807) is 18.2 Å². The number of hydrogen-bond donors (Lipinski definition) is 1. The maximum atomic E-state index is 11.7. The van der Waals surface area contributed by atoms with Crippen molar-refractivity contribution in [3.05, 3.63) is 41.5 Å². The molecule has 0 radical (unpaired) electrons. The topological polar surface area (TPSA) is 34.1 Å². The van der Waals surface area contributed by atoms with Crippen LogP contribution in [0.15, 0.2) is 35.2 Å². The van der Waals surface area contributed by atoms with Crippen LogP contribution in [0.3, 0.4) is 0 Å². The monoisotopic (exact) mass is 214 g/mol. The number of Topliss-reactive ketones (excluding diaryl/α,β-unsaturated/α-hetero) is 2. The van der Waals surface area contributed by atoms with Gasteiger partial charge in [0.1, 0.15) is 0 Å². The molecule has 0 atom stereocenters. The number of hydrogen-bond acceptors (Lipinski definition) is 3. The van der Waals surface area contributed by atoms with Gasteiger partial charge in [-0.2, -0.15) is 0 Å². The van der Waals surface area contributed by atoms with Crippen LogP contribution in [0.2, 0.25) is 0 Å². The summed E-state index contributed by atoms with van der Waals surface area (Å²) in [6.07, 6.45) is 0. The summed E-state index contributed by atoms with van der Waals surface area (Å²) in [5.41, 5.74) is 0.958. The molecule has 3 rings (SSSR count). The molecule has 15 heavy (non-hydrogen) atoms. The van der Waals surface area contributed by atoms with Gasteiger partial charge in [0.2, 0.25) is 11.6 Å². The van der Waals surface area contributed by atoms with Crippen LogP contribution in [0.4, 0.5) is 0 Å². The summed E-state index contributed by atoms with van der Waals surface area (Å²) >= 11 is 4.21. The Bertz CT molecular complexity index is 629. The minimum atomic E-state index is -0.438. The second kappa shape index (κ2) is 2.70. The Hall–Kier alpha value is -1.61. The molecule has 0 saturated heterocycles. The van der Waals surface area contributed by atoms with E-state index in [4.69, 9.17) is 0 Å². The standard InChI is InChI=1S/C12H6O2S/c13-11-7-3-1-2-6-4-5-8(15)10(9(6)7)12(11)14/h1-5,15H. The minimum Gasteiger partial charge on any atom is -0.285 e. The molecule has 1 aliphatic rings. The predicted octanol–water partition coefficient (Wildman–Crippen LogP) is 2.51. The molecule has 0 N–H and O–H groups in total. The van der Waals surface area contributed by atoms with Crippen LogP contribution >= 0.6 is 12.6 Å². The van der Waals surface area contributed by atoms with Gasteiger partial charge in [0.05, 0.1) is 0 Å². The van der Waals surface area contributed by atoms with E-state index in [2.05, 4.69) is 12.6 Å². The normalized spacial score (nSPS) is 13.9. The third kappa shape index (κ3) is 0.957. The molecule has 0 aromatic heterocycles. The van der Waals surface area contributed by atoms with Crippen molar-refractivity contribution < 1.29 is 9.59 Å². The molecule has 0 bridgehead atoms. The van der Waals surface area contributed by atoms with Crippen molar-refractivity contribution >= 4 is 35.0 Å². The summed E-state index contributed by atoms with van der Waals surface area (Å²) < 4.78 is 0. The van der Waals surface area contributed by atoms with Gasteiger partial charge in [0.15, 0.2) is 0 Å². The summed E-state index contributed by atoms with van der Waals surface area (Å²) in [6, 6.07) is 8.99. The van der Waals surface area contributed by atoms with Gasteiger partial charge in [-0.15, -0.1) is 12.6 Å². The molecule has 0 unspecified atom stereocenters. The number of carbonyl (C=O) groups is 2. The summed E-state index contributed by atoms with van der Waals surface area (Å²) in [5.74, 6) is -0.857. The van der Waals surface area contributed by atoms with E-state index in [0.717, 1.165) is 10.8 Å². The third-order valence-corrected chi connectivity index (χ3v) is 3.07. The Morgan fingerprint density at radius 2 is 1.73 bits per heavy atom. The number of thiol groups is 1. The lowest BCUT2D eigenvalue weighted by atomic mass is 10.1. The molecule has 0 amide bonds. The van der Waals surface area contributed by atoms with Crippen molar-refractivity contribution in [1.82, 2.24) is 0 Å². The first-order valence-electron chi connectivity index (χ1n) is 4.54. The highest BCUT2D eigenvalue weighted by Crippen LogP contribution is 2.34. The summed E-state index contributed by atoms with van der Waals surface area (Å²) in [4.78, 5) is 23.9. The molecular weight excluding hydrogens is 208 g/mol. The fourth-order valence-corrected chi connectivity index (χ4v) is 2.31. The summed E-state index contributed by atoms with van der Waals surface area (Å²) in [7, 11) is 0. The Labute approximate surface area is 91.3 Å². The molecule has 2 nitrogen and oxygen atoms in total. The van der Waals surface area contributed by atoms with Gasteiger partial charge in [-0.05, 0) is 11.5 Å². The summed E-state index contributed by atoms with van der Waals surface area (Å²) in [6.45, 7) is 0. The van der Waals surface area contributed by atoms with E-state index in [0.29, 0.717) is 16.0 Å². The van der Waals surface area contributed by atoms with Gasteiger partial charge >= 0.3 is 0 Å². The van der Waals surface area contributed by atoms with Crippen LogP contribution in [0.5, 0.6) is 0 Å². The van der Waals surface area contributed by atoms with Gasteiger partial charge in [-0.1, -0.05) is 24.3 Å². The van der Waals surface area contributed by atoms with Gasteiger partial charge in [0.25, 0.3) is 0 Å². The van der Waals surface area contributed by atoms with Gasteiger partial charge in [0, 0.05) is 21.4 Å². The van der Waals surface area contributed by atoms with Crippen LogP contribution < -0.4 is 0 Å². The van der Waals surface area contributed by atoms with Crippen LogP contribution in [0.25, 0.3) is 10.8 Å². The smallest absolute Gasteiger partial charge is 0.235 e. The fraction of sp³-hybridized carbons (Fsp3) is 0. The predicted molar refractivity (Wildman–Crippen MR) is 59.9 cm³/mol. The lowest BCUT2D eigenvalue weighted by molar-refractivity contribution is 0.0824. The fourth-order valence-electron chi connectivity index (χ4n) is 2.02. The number of benzene rings is 2. The van der Waals surface area contributed by atoms with E-state index >= 15 is 0 Å². The van der Waals surface area contributed by atoms with Gasteiger partial charge < -0.3 is 0 Å². The number of rotatable bonds is 0. The first kappa shape index (κ1) is 8.68. The van der Waals surface area contributed by atoms with Crippen molar-refractivity contribution in [3.63, 3.8) is 0 Å². The summed E-state index contributed by atoms with van der Waals surface area (Å²) in [5, 5.41) is 1.67. The van der Waals surface area contributed by atoms with Crippen LogP contribution in [-0.2, 0) is 0 Å².